The Balaban J connectivity index is 1.71. The lowest BCUT2D eigenvalue weighted by Gasteiger charge is -2.05. The molecule has 0 radical (unpaired) electrons. The van der Waals surface area contributed by atoms with Crippen molar-refractivity contribution < 1.29 is 0 Å². The highest BCUT2D eigenvalue weighted by Gasteiger charge is 2.04. The molecule has 0 unspecified atom stereocenters. The number of halogens is 1. The standard InChI is InChI=1S/C16H13ClN2S/c17-16-14(7-4-10-18-16)19-11-13-8-9-15(20-13)12-5-2-1-3-6-12/h1-10,19H,11H2. The minimum Gasteiger partial charge on any atom is -0.378 e. The first kappa shape index (κ1) is 13.2. The maximum absolute atomic E-state index is 6.02. The van der Waals surface area contributed by atoms with Gasteiger partial charge in [-0.3, -0.25) is 0 Å². The van der Waals surface area contributed by atoms with Crippen LogP contribution in [0.25, 0.3) is 10.4 Å². The van der Waals surface area contributed by atoms with Gasteiger partial charge in [-0.05, 0) is 29.8 Å². The van der Waals surface area contributed by atoms with Gasteiger partial charge >= 0.3 is 0 Å². The van der Waals surface area contributed by atoms with Gasteiger partial charge in [0.05, 0.1) is 5.69 Å². The lowest BCUT2D eigenvalue weighted by molar-refractivity contribution is 1.17. The van der Waals surface area contributed by atoms with Gasteiger partial charge in [0.1, 0.15) is 0 Å². The van der Waals surface area contributed by atoms with Gasteiger partial charge in [0.25, 0.3) is 0 Å². The van der Waals surface area contributed by atoms with Crippen LogP contribution in [-0.2, 0) is 6.54 Å². The zero-order valence-corrected chi connectivity index (χ0v) is 12.3. The van der Waals surface area contributed by atoms with E-state index in [0.29, 0.717) is 5.15 Å². The molecule has 2 aromatic heterocycles. The molecule has 0 bridgehead atoms. The average molecular weight is 301 g/mol. The number of nitrogens with zero attached hydrogens (tertiary/aromatic N) is 1. The van der Waals surface area contributed by atoms with E-state index < -0.39 is 0 Å². The van der Waals surface area contributed by atoms with Crippen molar-refractivity contribution in [1.29, 1.82) is 0 Å². The van der Waals surface area contributed by atoms with Crippen LogP contribution in [-0.4, -0.2) is 4.98 Å². The van der Waals surface area contributed by atoms with E-state index in [1.807, 2.05) is 18.2 Å². The maximum atomic E-state index is 6.02. The summed E-state index contributed by atoms with van der Waals surface area (Å²) in [5, 5.41) is 3.82. The Hall–Kier alpha value is -1.84. The van der Waals surface area contributed by atoms with Crippen LogP contribution in [0.15, 0.2) is 60.8 Å². The van der Waals surface area contributed by atoms with Crippen LogP contribution in [0.4, 0.5) is 5.69 Å². The van der Waals surface area contributed by atoms with Crippen LogP contribution in [0.2, 0.25) is 5.15 Å². The Kier molecular flexibility index (Phi) is 4.00. The summed E-state index contributed by atoms with van der Waals surface area (Å²) >= 11 is 7.81. The average Bonchev–Trinajstić information content (AvgIpc) is 2.96. The quantitative estimate of drug-likeness (QED) is 0.680. The van der Waals surface area contributed by atoms with Gasteiger partial charge in [-0.1, -0.05) is 41.9 Å². The molecule has 0 fully saturated rings. The van der Waals surface area contributed by atoms with Crippen molar-refractivity contribution in [3.05, 3.63) is 70.8 Å². The summed E-state index contributed by atoms with van der Waals surface area (Å²) in [5.41, 5.74) is 2.12. The molecule has 0 atom stereocenters. The lowest BCUT2D eigenvalue weighted by atomic mass is 10.2. The molecule has 20 heavy (non-hydrogen) atoms. The number of hydrogen-bond acceptors (Lipinski definition) is 3. The van der Waals surface area contributed by atoms with E-state index in [0.717, 1.165) is 12.2 Å². The highest BCUT2D eigenvalue weighted by atomic mass is 35.5. The topological polar surface area (TPSA) is 24.9 Å². The molecular formula is C16H13ClN2S. The Morgan fingerprint density at radius 3 is 2.65 bits per heavy atom. The van der Waals surface area contributed by atoms with Gasteiger partial charge in [0.15, 0.2) is 5.15 Å². The summed E-state index contributed by atoms with van der Waals surface area (Å²) in [6.45, 7) is 0.753. The third kappa shape index (κ3) is 3.00. The van der Waals surface area contributed by atoms with Gasteiger partial charge in [0, 0.05) is 22.5 Å². The van der Waals surface area contributed by atoms with Gasteiger partial charge in [0.2, 0.25) is 0 Å². The molecule has 0 saturated carbocycles. The third-order valence-electron chi connectivity index (χ3n) is 2.93. The Labute approximate surface area is 127 Å². The number of aromatic nitrogens is 1. The molecule has 0 spiro atoms. The largest absolute Gasteiger partial charge is 0.378 e. The smallest absolute Gasteiger partial charge is 0.152 e. The molecule has 3 rings (SSSR count). The van der Waals surface area contributed by atoms with Gasteiger partial charge in [-0.15, -0.1) is 11.3 Å². The Bertz CT molecular complexity index is 694. The molecule has 1 N–H and O–H groups in total. The van der Waals surface area contributed by atoms with Crippen LogP contribution in [0, 0.1) is 0 Å². The van der Waals surface area contributed by atoms with Crippen LogP contribution < -0.4 is 5.32 Å². The van der Waals surface area contributed by atoms with Crippen LogP contribution in [0.1, 0.15) is 4.88 Å². The number of pyridine rings is 1. The molecule has 2 nitrogen and oxygen atoms in total. The summed E-state index contributed by atoms with van der Waals surface area (Å²) in [5.74, 6) is 0. The zero-order chi connectivity index (χ0) is 13.8. The highest BCUT2D eigenvalue weighted by Crippen LogP contribution is 2.28. The van der Waals surface area contributed by atoms with Crippen LogP contribution in [0.5, 0.6) is 0 Å². The van der Waals surface area contributed by atoms with Crippen molar-refractivity contribution in [2.45, 2.75) is 6.54 Å². The molecule has 1 aromatic carbocycles. The van der Waals surface area contributed by atoms with E-state index in [2.05, 4.69) is 46.7 Å². The summed E-state index contributed by atoms with van der Waals surface area (Å²) in [4.78, 5) is 6.60. The Morgan fingerprint density at radius 2 is 1.85 bits per heavy atom. The van der Waals surface area contributed by atoms with Crippen molar-refractivity contribution in [1.82, 2.24) is 4.98 Å². The first-order valence-corrected chi connectivity index (χ1v) is 7.51. The monoisotopic (exact) mass is 300 g/mol. The predicted octanol–water partition coefficient (Wildman–Crippen LogP) is 5.08. The number of rotatable bonds is 4. The van der Waals surface area contributed by atoms with Crippen molar-refractivity contribution in [3.63, 3.8) is 0 Å². The highest BCUT2D eigenvalue weighted by molar-refractivity contribution is 7.15. The van der Waals surface area contributed by atoms with Crippen LogP contribution in [0.3, 0.4) is 0 Å². The number of hydrogen-bond donors (Lipinski definition) is 1. The first-order valence-electron chi connectivity index (χ1n) is 6.31. The summed E-state index contributed by atoms with van der Waals surface area (Å²) in [6.07, 6.45) is 1.69. The molecule has 3 aromatic rings. The van der Waals surface area contributed by atoms with Crippen LogP contribution >= 0.6 is 22.9 Å². The molecule has 4 heteroatoms. The van der Waals surface area contributed by atoms with E-state index in [-0.39, 0.29) is 0 Å². The van der Waals surface area contributed by atoms with E-state index in [1.54, 1.807) is 17.5 Å². The van der Waals surface area contributed by atoms with Crippen molar-refractivity contribution in [3.8, 4) is 10.4 Å². The van der Waals surface area contributed by atoms with Gasteiger partial charge in [-0.2, -0.15) is 0 Å². The normalized spacial score (nSPS) is 10.4. The molecule has 0 aliphatic carbocycles. The SMILES string of the molecule is Clc1ncccc1NCc1ccc(-c2ccccc2)s1. The molecule has 2 heterocycles. The van der Waals surface area contributed by atoms with E-state index in [4.69, 9.17) is 11.6 Å². The zero-order valence-electron chi connectivity index (χ0n) is 10.7. The van der Waals surface area contributed by atoms with Crippen molar-refractivity contribution in [2.24, 2.45) is 0 Å². The number of thiophene rings is 1. The fraction of sp³-hybridized carbons (Fsp3) is 0.0625. The summed E-state index contributed by atoms with van der Waals surface area (Å²) in [7, 11) is 0. The van der Waals surface area contributed by atoms with Crippen molar-refractivity contribution >= 4 is 28.6 Å². The van der Waals surface area contributed by atoms with E-state index >= 15 is 0 Å². The third-order valence-corrected chi connectivity index (χ3v) is 4.37. The second-order valence-corrected chi connectivity index (χ2v) is 5.85. The number of anilines is 1. The minimum absolute atomic E-state index is 0.507. The molecule has 100 valence electrons. The lowest BCUT2D eigenvalue weighted by Crippen LogP contribution is -1.98. The number of benzene rings is 1. The molecule has 0 aliphatic heterocycles. The Morgan fingerprint density at radius 1 is 1.00 bits per heavy atom. The van der Waals surface area contributed by atoms with E-state index in [1.165, 1.54) is 15.3 Å². The summed E-state index contributed by atoms with van der Waals surface area (Å²) in [6, 6.07) is 18.5. The fourth-order valence-electron chi connectivity index (χ4n) is 1.93. The van der Waals surface area contributed by atoms with Crippen molar-refractivity contribution in [2.75, 3.05) is 5.32 Å². The fourth-order valence-corrected chi connectivity index (χ4v) is 3.07. The summed E-state index contributed by atoms with van der Waals surface area (Å²) < 4.78 is 0. The molecule has 0 aliphatic rings. The second-order valence-electron chi connectivity index (χ2n) is 4.33. The first-order chi connectivity index (χ1) is 9.83. The maximum Gasteiger partial charge on any atom is 0.152 e. The van der Waals surface area contributed by atoms with E-state index in [9.17, 15) is 0 Å². The molecular weight excluding hydrogens is 288 g/mol. The van der Waals surface area contributed by atoms with Gasteiger partial charge in [-0.25, -0.2) is 4.98 Å². The second kappa shape index (κ2) is 6.07. The minimum atomic E-state index is 0.507. The number of nitrogens with one attached hydrogen (secondary N) is 1. The molecule has 0 amide bonds. The predicted molar refractivity (Wildman–Crippen MR) is 86.3 cm³/mol. The molecule has 0 saturated heterocycles. The van der Waals surface area contributed by atoms with Gasteiger partial charge < -0.3 is 5.32 Å².